The van der Waals surface area contributed by atoms with Crippen molar-refractivity contribution in [3.05, 3.63) is 20.8 Å². The zero-order chi connectivity index (χ0) is 10.7. The number of thiophene rings is 1. The number of halogens is 1. The summed E-state index contributed by atoms with van der Waals surface area (Å²) in [7, 11) is 0. The predicted octanol–water partition coefficient (Wildman–Crippen LogP) is 2.41. The van der Waals surface area contributed by atoms with Gasteiger partial charge in [0, 0.05) is 17.8 Å². The van der Waals surface area contributed by atoms with Crippen LogP contribution in [0.4, 0.5) is 0 Å². The maximum Gasteiger partial charge on any atom is 0.0701 e. The summed E-state index contributed by atoms with van der Waals surface area (Å²) < 4.78 is 1.14. The van der Waals surface area contributed by atoms with E-state index < -0.39 is 0 Å². The van der Waals surface area contributed by atoms with Crippen molar-refractivity contribution in [1.29, 1.82) is 0 Å². The van der Waals surface area contributed by atoms with Gasteiger partial charge in [-0.2, -0.15) is 0 Å². The Morgan fingerprint density at radius 2 is 2.47 bits per heavy atom. The lowest BCUT2D eigenvalue weighted by atomic mass is 9.92. The Hall–Kier alpha value is 0.1000. The van der Waals surface area contributed by atoms with Crippen LogP contribution in [0, 0.1) is 5.92 Å². The molecule has 2 nitrogen and oxygen atoms in total. The molecule has 2 rings (SSSR count). The summed E-state index contributed by atoms with van der Waals surface area (Å²) in [5.74, 6) is 0.430. The predicted molar refractivity (Wildman–Crippen MR) is 67.3 cm³/mol. The van der Waals surface area contributed by atoms with Crippen molar-refractivity contribution in [2.75, 3.05) is 13.1 Å². The lowest BCUT2D eigenvalue weighted by Crippen LogP contribution is -2.37. The molecule has 0 spiro atoms. The normalized spacial score (nSPS) is 24.0. The third-order valence-electron chi connectivity index (χ3n) is 2.92. The van der Waals surface area contributed by atoms with Gasteiger partial charge < -0.3 is 10.4 Å². The molecule has 2 N–H and O–H groups in total. The fraction of sp³-hybridized carbons (Fsp3) is 0.636. The quantitative estimate of drug-likeness (QED) is 0.896. The van der Waals surface area contributed by atoms with Gasteiger partial charge in [-0.3, -0.25) is 0 Å². The SMILES string of the molecule is OC(Cc1ccc(Br)s1)C1CCCNC1. The smallest absolute Gasteiger partial charge is 0.0701 e. The van der Waals surface area contributed by atoms with Crippen LogP contribution >= 0.6 is 27.3 Å². The van der Waals surface area contributed by atoms with E-state index in [1.807, 2.05) is 6.07 Å². The van der Waals surface area contributed by atoms with Crippen molar-refractivity contribution >= 4 is 27.3 Å². The zero-order valence-corrected chi connectivity index (χ0v) is 11.0. The second-order valence-electron chi connectivity index (χ2n) is 4.08. The fourth-order valence-electron chi connectivity index (χ4n) is 2.04. The van der Waals surface area contributed by atoms with Gasteiger partial charge in [-0.15, -0.1) is 11.3 Å². The summed E-state index contributed by atoms with van der Waals surface area (Å²) in [6, 6.07) is 4.14. The Morgan fingerprint density at radius 1 is 1.60 bits per heavy atom. The maximum atomic E-state index is 10.1. The monoisotopic (exact) mass is 289 g/mol. The summed E-state index contributed by atoms with van der Waals surface area (Å²) in [6.45, 7) is 2.07. The lowest BCUT2D eigenvalue weighted by Gasteiger charge is -2.27. The van der Waals surface area contributed by atoms with Crippen molar-refractivity contribution < 1.29 is 5.11 Å². The first-order chi connectivity index (χ1) is 7.25. The highest BCUT2D eigenvalue weighted by molar-refractivity contribution is 9.11. The maximum absolute atomic E-state index is 10.1. The average Bonchev–Trinajstić information content (AvgIpc) is 2.65. The van der Waals surface area contributed by atoms with Crippen LogP contribution in [-0.2, 0) is 6.42 Å². The van der Waals surface area contributed by atoms with Crippen LogP contribution in [0.2, 0.25) is 0 Å². The largest absolute Gasteiger partial charge is 0.392 e. The number of nitrogens with one attached hydrogen (secondary N) is 1. The van der Waals surface area contributed by atoms with Crippen LogP contribution in [0.25, 0.3) is 0 Å². The van der Waals surface area contributed by atoms with Crippen LogP contribution in [0.15, 0.2) is 15.9 Å². The first-order valence-electron chi connectivity index (χ1n) is 5.38. The molecule has 2 heterocycles. The Balaban J connectivity index is 1.88. The standard InChI is InChI=1S/C11H16BrNOS/c12-11-4-3-9(15-11)6-10(14)8-2-1-5-13-7-8/h3-4,8,10,13-14H,1-2,5-7H2. The van der Waals surface area contributed by atoms with Gasteiger partial charge in [0.25, 0.3) is 0 Å². The summed E-state index contributed by atoms with van der Waals surface area (Å²) in [5, 5.41) is 13.4. The van der Waals surface area contributed by atoms with Gasteiger partial charge in [-0.1, -0.05) is 0 Å². The second-order valence-corrected chi connectivity index (χ2v) is 6.63. The molecule has 1 saturated heterocycles. The number of rotatable bonds is 3. The Morgan fingerprint density at radius 3 is 3.07 bits per heavy atom. The van der Waals surface area contributed by atoms with E-state index in [4.69, 9.17) is 0 Å². The van der Waals surface area contributed by atoms with E-state index in [0.717, 1.165) is 29.7 Å². The molecule has 1 aromatic rings. The highest BCUT2D eigenvalue weighted by Crippen LogP contribution is 2.25. The molecule has 0 radical (unpaired) electrons. The summed E-state index contributed by atoms with van der Waals surface area (Å²) >= 11 is 5.16. The number of piperidine rings is 1. The topological polar surface area (TPSA) is 32.3 Å². The van der Waals surface area contributed by atoms with E-state index in [1.165, 1.54) is 11.3 Å². The second kappa shape index (κ2) is 5.43. The van der Waals surface area contributed by atoms with Crippen molar-refractivity contribution in [2.24, 2.45) is 5.92 Å². The molecule has 0 saturated carbocycles. The zero-order valence-electron chi connectivity index (χ0n) is 8.58. The highest BCUT2D eigenvalue weighted by Gasteiger charge is 2.21. The number of aliphatic hydroxyl groups excluding tert-OH is 1. The number of aliphatic hydroxyl groups is 1. The highest BCUT2D eigenvalue weighted by atomic mass is 79.9. The minimum absolute atomic E-state index is 0.191. The summed E-state index contributed by atoms with van der Waals surface area (Å²) in [5.41, 5.74) is 0. The van der Waals surface area contributed by atoms with Crippen LogP contribution in [-0.4, -0.2) is 24.3 Å². The molecule has 84 valence electrons. The van der Waals surface area contributed by atoms with Crippen LogP contribution in [0.1, 0.15) is 17.7 Å². The minimum Gasteiger partial charge on any atom is -0.392 e. The molecule has 0 bridgehead atoms. The van der Waals surface area contributed by atoms with Crippen LogP contribution in [0.5, 0.6) is 0 Å². The molecule has 1 aromatic heterocycles. The number of hydrogen-bond acceptors (Lipinski definition) is 3. The Labute approximate surface area is 103 Å². The first-order valence-corrected chi connectivity index (χ1v) is 6.99. The van der Waals surface area contributed by atoms with Crippen molar-refractivity contribution in [3.8, 4) is 0 Å². The van der Waals surface area contributed by atoms with Crippen molar-refractivity contribution in [1.82, 2.24) is 5.32 Å². The van der Waals surface area contributed by atoms with Gasteiger partial charge >= 0.3 is 0 Å². The Bertz CT molecular complexity index is 309. The molecular formula is C11H16BrNOS. The molecule has 2 unspecified atom stereocenters. The van der Waals surface area contributed by atoms with Gasteiger partial charge in [0.1, 0.15) is 0 Å². The van der Waals surface area contributed by atoms with Gasteiger partial charge in [-0.25, -0.2) is 0 Å². The molecule has 1 aliphatic heterocycles. The van der Waals surface area contributed by atoms with Gasteiger partial charge in [-0.05, 0) is 53.4 Å². The van der Waals surface area contributed by atoms with Crippen molar-refractivity contribution in [2.45, 2.75) is 25.4 Å². The third-order valence-corrected chi connectivity index (χ3v) is 4.56. The Kier molecular flexibility index (Phi) is 4.20. The van der Waals surface area contributed by atoms with Gasteiger partial charge in [0.15, 0.2) is 0 Å². The van der Waals surface area contributed by atoms with Gasteiger partial charge in [0.2, 0.25) is 0 Å². The van der Waals surface area contributed by atoms with Crippen molar-refractivity contribution in [3.63, 3.8) is 0 Å². The molecule has 0 amide bonds. The lowest BCUT2D eigenvalue weighted by molar-refractivity contribution is 0.0929. The van der Waals surface area contributed by atoms with E-state index in [-0.39, 0.29) is 6.10 Å². The molecule has 1 fully saturated rings. The van der Waals surface area contributed by atoms with E-state index in [9.17, 15) is 5.11 Å². The van der Waals surface area contributed by atoms with E-state index >= 15 is 0 Å². The minimum atomic E-state index is -0.191. The summed E-state index contributed by atoms with van der Waals surface area (Å²) in [4.78, 5) is 1.26. The van der Waals surface area contributed by atoms with E-state index in [1.54, 1.807) is 11.3 Å². The van der Waals surface area contributed by atoms with Crippen LogP contribution < -0.4 is 5.32 Å². The molecule has 1 aliphatic rings. The molecule has 0 aliphatic carbocycles. The van der Waals surface area contributed by atoms with Gasteiger partial charge in [0.05, 0.1) is 9.89 Å². The molecule has 0 aromatic carbocycles. The summed E-state index contributed by atoms with van der Waals surface area (Å²) in [6.07, 6.45) is 2.95. The molecule has 4 heteroatoms. The average molecular weight is 290 g/mol. The fourth-order valence-corrected chi connectivity index (χ4v) is 3.57. The van der Waals surface area contributed by atoms with Crippen LogP contribution in [0.3, 0.4) is 0 Å². The molecule has 2 atom stereocenters. The van der Waals surface area contributed by atoms with E-state index in [2.05, 4.69) is 27.3 Å². The van der Waals surface area contributed by atoms with E-state index in [0.29, 0.717) is 5.92 Å². The first kappa shape index (κ1) is 11.6. The third kappa shape index (κ3) is 3.28. The molecule has 15 heavy (non-hydrogen) atoms. The number of hydrogen-bond donors (Lipinski definition) is 2. The molecular weight excluding hydrogens is 274 g/mol.